The molecule has 0 aliphatic heterocycles. The highest BCUT2D eigenvalue weighted by molar-refractivity contribution is 7.89. The van der Waals surface area contributed by atoms with E-state index >= 15 is 0 Å². The van der Waals surface area contributed by atoms with Crippen LogP contribution in [0.15, 0.2) is 41.6 Å². The van der Waals surface area contributed by atoms with Crippen LogP contribution in [0, 0.1) is 6.92 Å². The third-order valence-corrected chi connectivity index (χ3v) is 5.93. The van der Waals surface area contributed by atoms with Crippen molar-refractivity contribution in [2.45, 2.75) is 24.8 Å². The Bertz CT molecular complexity index is 981. The monoisotopic (exact) mass is 362 g/mol. The molecule has 3 rings (SSSR count). The van der Waals surface area contributed by atoms with Crippen molar-refractivity contribution < 1.29 is 8.42 Å². The third kappa shape index (κ3) is 3.12. The van der Waals surface area contributed by atoms with Gasteiger partial charge in [0.15, 0.2) is 0 Å². The Hall–Kier alpha value is -2.03. The molecule has 8 heteroatoms. The van der Waals surface area contributed by atoms with Crippen LogP contribution in [-0.4, -0.2) is 25.4 Å². The highest BCUT2D eigenvalue weighted by Crippen LogP contribution is 2.33. The molecular weight excluding hydrogens is 344 g/mol. The lowest BCUT2D eigenvalue weighted by Crippen LogP contribution is -2.23. The zero-order chi connectivity index (χ0) is 17.5. The summed E-state index contributed by atoms with van der Waals surface area (Å²) in [7, 11) is -1.71. The SMILES string of the molecule is Cc1cc2c(N(C)C(C)c3ccc(S(N)(=O)=O)cc3)ncnc2s1. The highest BCUT2D eigenvalue weighted by Gasteiger charge is 2.18. The van der Waals surface area contributed by atoms with E-state index in [9.17, 15) is 8.42 Å². The van der Waals surface area contributed by atoms with E-state index in [-0.39, 0.29) is 10.9 Å². The number of thiophene rings is 1. The van der Waals surface area contributed by atoms with E-state index in [0.29, 0.717) is 0 Å². The number of hydrogen-bond donors (Lipinski definition) is 1. The van der Waals surface area contributed by atoms with Crippen LogP contribution in [0.2, 0.25) is 0 Å². The average molecular weight is 362 g/mol. The van der Waals surface area contributed by atoms with Gasteiger partial charge < -0.3 is 4.90 Å². The number of nitrogens with two attached hydrogens (primary N) is 1. The number of hydrogen-bond acceptors (Lipinski definition) is 6. The van der Waals surface area contributed by atoms with Gasteiger partial charge in [-0.3, -0.25) is 0 Å². The summed E-state index contributed by atoms with van der Waals surface area (Å²) in [6, 6.07) is 8.70. The Balaban J connectivity index is 1.95. The number of fused-ring (bicyclic) bond motifs is 1. The molecule has 0 fully saturated rings. The fourth-order valence-electron chi connectivity index (χ4n) is 2.59. The minimum absolute atomic E-state index is 0.0119. The van der Waals surface area contributed by atoms with E-state index in [2.05, 4.69) is 20.9 Å². The molecule has 24 heavy (non-hydrogen) atoms. The summed E-state index contributed by atoms with van der Waals surface area (Å²) in [5.41, 5.74) is 0.976. The summed E-state index contributed by atoms with van der Waals surface area (Å²) in [4.78, 5) is 13.1. The van der Waals surface area contributed by atoms with Crippen LogP contribution in [0.1, 0.15) is 23.4 Å². The first-order valence-corrected chi connectivity index (χ1v) is 9.70. The van der Waals surface area contributed by atoms with Gasteiger partial charge in [-0.1, -0.05) is 12.1 Å². The van der Waals surface area contributed by atoms with Crippen molar-refractivity contribution in [2.75, 3.05) is 11.9 Å². The Kier molecular flexibility index (Phi) is 4.29. The fraction of sp³-hybridized carbons (Fsp3) is 0.250. The van der Waals surface area contributed by atoms with Crippen LogP contribution in [0.4, 0.5) is 5.82 Å². The first-order valence-electron chi connectivity index (χ1n) is 7.34. The van der Waals surface area contributed by atoms with Crippen LogP contribution in [0.25, 0.3) is 10.2 Å². The highest BCUT2D eigenvalue weighted by atomic mass is 32.2. The lowest BCUT2D eigenvalue weighted by atomic mass is 10.1. The van der Waals surface area contributed by atoms with Crippen LogP contribution < -0.4 is 10.0 Å². The largest absolute Gasteiger partial charge is 0.352 e. The van der Waals surface area contributed by atoms with E-state index in [1.807, 2.05) is 20.9 Å². The maximum Gasteiger partial charge on any atom is 0.238 e. The number of sulfonamides is 1. The molecule has 0 saturated carbocycles. The van der Waals surface area contributed by atoms with E-state index in [1.165, 1.54) is 17.0 Å². The zero-order valence-corrected chi connectivity index (χ0v) is 15.2. The lowest BCUT2D eigenvalue weighted by molar-refractivity contribution is 0.597. The van der Waals surface area contributed by atoms with Gasteiger partial charge in [-0.2, -0.15) is 0 Å². The molecule has 126 valence electrons. The molecule has 1 aromatic carbocycles. The van der Waals surface area contributed by atoms with Gasteiger partial charge in [0.1, 0.15) is 17.0 Å². The summed E-state index contributed by atoms with van der Waals surface area (Å²) in [5, 5.41) is 6.17. The van der Waals surface area contributed by atoms with Gasteiger partial charge in [0.2, 0.25) is 10.0 Å². The number of anilines is 1. The van der Waals surface area contributed by atoms with Crippen molar-refractivity contribution in [3.63, 3.8) is 0 Å². The molecule has 3 aromatic rings. The molecule has 6 nitrogen and oxygen atoms in total. The van der Waals surface area contributed by atoms with E-state index in [1.54, 1.807) is 29.8 Å². The number of benzene rings is 1. The molecular formula is C16H18N4O2S2. The van der Waals surface area contributed by atoms with Crippen molar-refractivity contribution >= 4 is 37.4 Å². The van der Waals surface area contributed by atoms with Crippen molar-refractivity contribution in [3.05, 3.63) is 47.1 Å². The van der Waals surface area contributed by atoms with Crippen molar-refractivity contribution in [3.8, 4) is 0 Å². The first-order chi connectivity index (χ1) is 11.3. The quantitative estimate of drug-likeness (QED) is 0.771. The smallest absolute Gasteiger partial charge is 0.238 e. The Morgan fingerprint density at radius 2 is 1.88 bits per heavy atom. The van der Waals surface area contributed by atoms with Gasteiger partial charge >= 0.3 is 0 Å². The molecule has 0 aliphatic carbocycles. The number of nitrogens with zero attached hydrogens (tertiary/aromatic N) is 3. The fourth-order valence-corrected chi connectivity index (χ4v) is 3.94. The van der Waals surface area contributed by atoms with Crippen molar-refractivity contribution in [1.82, 2.24) is 9.97 Å². The molecule has 1 atom stereocenters. The Morgan fingerprint density at radius 1 is 1.21 bits per heavy atom. The van der Waals surface area contributed by atoms with Crippen LogP contribution in [0.5, 0.6) is 0 Å². The number of aryl methyl sites for hydroxylation is 1. The second kappa shape index (κ2) is 6.12. The van der Waals surface area contributed by atoms with E-state index in [0.717, 1.165) is 21.6 Å². The Labute approximate surface area is 145 Å². The molecule has 0 saturated heterocycles. The second-order valence-corrected chi connectivity index (χ2v) is 8.47. The zero-order valence-electron chi connectivity index (χ0n) is 13.6. The van der Waals surface area contributed by atoms with Crippen LogP contribution in [0.3, 0.4) is 0 Å². The van der Waals surface area contributed by atoms with Crippen molar-refractivity contribution in [1.29, 1.82) is 0 Å². The maximum absolute atomic E-state index is 11.4. The molecule has 0 bridgehead atoms. The van der Waals surface area contributed by atoms with Crippen LogP contribution >= 0.6 is 11.3 Å². The van der Waals surface area contributed by atoms with Gasteiger partial charge in [-0.25, -0.2) is 23.5 Å². The minimum atomic E-state index is -3.68. The predicted molar refractivity (Wildman–Crippen MR) is 96.8 cm³/mol. The van der Waals surface area contributed by atoms with E-state index in [4.69, 9.17) is 5.14 Å². The second-order valence-electron chi connectivity index (χ2n) is 5.67. The standard InChI is InChI=1S/C16H18N4O2S2/c1-10-8-14-15(18-9-19-16(14)23-10)20(3)11(2)12-4-6-13(7-5-12)24(17,21)22/h4-9,11H,1-3H3,(H2,17,21,22). The molecule has 2 N–H and O–H groups in total. The molecule has 0 radical (unpaired) electrons. The molecule has 0 aliphatic rings. The topological polar surface area (TPSA) is 89.2 Å². The minimum Gasteiger partial charge on any atom is -0.352 e. The van der Waals surface area contributed by atoms with Crippen molar-refractivity contribution in [2.24, 2.45) is 5.14 Å². The molecule has 0 spiro atoms. The molecule has 2 aromatic heterocycles. The van der Waals surface area contributed by atoms with E-state index < -0.39 is 10.0 Å². The maximum atomic E-state index is 11.4. The third-order valence-electron chi connectivity index (χ3n) is 4.04. The number of aromatic nitrogens is 2. The Morgan fingerprint density at radius 3 is 2.50 bits per heavy atom. The van der Waals surface area contributed by atoms with Gasteiger partial charge in [-0.05, 0) is 37.6 Å². The average Bonchev–Trinajstić information content (AvgIpc) is 2.93. The molecule has 1 unspecified atom stereocenters. The normalized spacial score (nSPS) is 13.2. The molecule has 0 amide bonds. The summed E-state index contributed by atoms with van der Waals surface area (Å²) >= 11 is 1.64. The summed E-state index contributed by atoms with van der Waals surface area (Å²) in [6.07, 6.45) is 1.57. The van der Waals surface area contributed by atoms with Gasteiger partial charge in [-0.15, -0.1) is 11.3 Å². The number of rotatable bonds is 4. The lowest BCUT2D eigenvalue weighted by Gasteiger charge is -2.26. The van der Waals surface area contributed by atoms with Gasteiger partial charge in [0.05, 0.1) is 16.3 Å². The molecule has 2 heterocycles. The summed E-state index contributed by atoms with van der Waals surface area (Å²) < 4.78 is 22.7. The summed E-state index contributed by atoms with van der Waals surface area (Å²) in [5.74, 6) is 0.854. The predicted octanol–water partition coefficient (Wildman–Crippen LogP) is 2.84. The van der Waals surface area contributed by atoms with Gasteiger partial charge in [0, 0.05) is 11.9 Å². The number of primary sulfonamides is 1. The first kappa shape index (κ1) is 16.8. The summed E-state index contributed by atoms with van der Waals surface area (Å²) in [6.45, 7) is 4.09. The van der Waals surface area contributed by atoms with Crippen LogP contribution in [-0.2, 0) is 10.0 Å². The van der Waals surface area contributed by atoms with Gasteiger partial charge in [0.25, 0.3) is 0 Å².